The van der Waals surface area contributed by atoms with Gasteiger partial charge in [-0.3, -0.25) is 14.4 Å². The molecule has 1 N–H and O–H groups in total. The molecule has 2 aromatic rings. The number of hydrogen-bond acceptors (Lipinski definition) is 4. The largest absolute Gasteiger partial charge is 0.452 e. The second kappa shape index (κ2) is 9.11. The molecule has 6 heteroatoms. The van der Waals surface area contributed by atoms with Gasteiger partial charge in [-0.2, -0.15) is 0 Å². The fraction of sp³-hybridized carbons (Fsp3) is 0.375. The maximum atomic E-state index is 12.6. The van der Waals surface area contributed by atoms with Gasteiger partial charge in [0.05, 0.1) is 12.0 Å². The van der Waals surface area contributed by atoms with Crippen molar-refractivity contribution in [3.8, 4) is 0 Å². The van der Waals surface area contributed by atoms with Crippen molar-refractivity contribution in [2.75, 3.05) is 11.9 Å². The van der Waals surface area contributed by atoms with Gasteiger partial charge in [0.15, 0.2) is 6.10 Å². The molecule has 0 radical (unpaired) electrons. The summed E-state index contributed by atoms with van der Waals surface area (Å²) in [5.41, 5.74) is 3.74. The summed E-state index contributed by atoms with van der Waals surface area (Å²) < 4.78 is 5.38. The monoisotopic (exact) mass is 408 g/mol. The van der Waals surface area contributed by atoms with Gasteiger partial charge >= 0.3 is 5.97 Å². The Morgan fingerprint density at radius 3 is 2.47 bits per heavy atom. The lowest BCUT2D eigenvalue weighted by Gasteiger charge is -2.25. The van der Waals surface area contributed by atoms with E-state index in [2.05, 4.69) is 5.32 Å². The maximum Gasteiger partial charge on any atom is 0.312 e. The third kappa shape index (κ3) is 4.87. The van der Waals surface area contributed by atoms with Gasteiger partial charge in [-0.15, -0.1) is 0 Å². The van der Waals surface area contributed by atoms with Crippen LogP contribution in [0.5, 0.6) is 0 Å². The molecule has 30 heavy (non-hydrogen) atoms. The molecule has 0 saturated carbocycles. The maximum absolute atomic E-state index is 12.6. The summed E-state index contributed by atoms with van der Waals surface area (Å²) in [4.78, 5) is 39.2. The van der Waals surface area contributed by atoms with E-state index in [0.717, 1.165) is 16.7 Å². The summed E-state index contributed by atoms with van der Waals surface area (Å²) in [5.74, 6) is -1.57. The Kier molecular flexibility index (Phi) is 6.55. The number of hydrogen-bond donors (Lipinski definition) is 1. The number of esters is 1. The van der Waals surface area contributed by atoms with Crippen molar-refractivity contribution in [1.29, 1.82) is 0 Å². The van der Waals surface area contributed by atoms with Crippen molar-refractivity contribution < 1.29 is 19.1 Å². The molecule has 0 unspecified atom stereocenters. The Morgan fingerprint density at radius 2 is 1.80 bits per heavy atom. The van der Waals surface area contributed by atoms with Crippen molar-refractivity contribution in [3.05, 3.63) is 65.2 Å². The van der Waals surface area contributed by atoms with E-state index >= 15 is 0 Å². The summed E-state index contributed by atoms with van der Waals surface area (Å²) in [6, 6.07) is 15.3. The van der Waals surface area contributed by atoms with Crippen LogP contribution in [0, 0.1) is 19.8 Å². The molecule has 0 aliphatic carbocycles. The number of benzene rings is 2. The van der Waals surface area contributed by atoms with Crippen LogP contribution in [-0.4, -0.2) is 35.3 Å². The molecule has 3 rings (SSSR count). The minimum atomic E-state index is -0.950. The van der Waals surface area contributed by atoms with Crippen LogP contribution >= 0.6 is 0 Å². The van der Waals surface area contributed by atoms with Gasteiger partial charge in [0.2, 0.25) is 5.91 Å². The summed E-state index contributed by atoms with van der Waals surface area (Å²) in [6.45, 7) is 7.66. The van der Waals surface area contributed by atoms with Gasteiger partial charge in [0.25, 0.3) is 5.91 Å². The second-order valence-corrected chi connectivity index (χ2v) is 7.92. The molecule has 2 amide bonds. The first-order chi connectivity index (χ1) is 14.3. The van der Waals surface area contributed by atoms with Crippen LogP contribution in [0.15, 0.2) is 48.5 Å². The topological polar surface area (TPSA) is 75.7 Å². The number of amides is 2. The highest BCUT2D eigenvalue weighted by atomic mass is 16.5. The number of anilines is 1. The molecular weight excluding hydrogens is 380 g/mol. The van der Waals surface area contributed by atoms with E-state index in [1.807, 2.05) is 69.3 Å². The number of ether oxygens (including phenoxy) is 1. The van der Waals surface area contributed by atoms with Gasteiger partial charge in [-0.05, 0) is 44.9 Å². The van der Waals surface area contributed by atoms with Crippen LogP contribution in [0.2, 0.25) is 0 Å². The molecule has 2 aromatic carbocycles. The average molecular weight is 408 g/mol. The van der Waals surface area contributed by atoms with Crippen LogP contribution in [0.4, 0.5) is 5.69 Å². The highest BCUT2D eigenvalue weighted by Crippen LogP contribution is 2.29. The van der Waals surface area contributed by atoms with Crippen molar-refractivity contribution in [2.24, 2.45) is 5.92 Å². The zero-order chi connectivity index (χ0) is 21.8. The Labute approximate surface area is 177 Å². The van der Waals surface area contributed by atoms with E-state index < -0.39 is 23.9 Å². The first-order valence-corrected chi connectivity index (χ1v) is 10.2. The molecule has 1 heterocycles. The summed E-state index contributed by atoms with van der Waals surface area (Å²) >= 11 is 0. The number of carbonyl (C=O) groups is 3. The van der Waals surface area contributed by atoms with Crippen LogP contribution < -0.4 is 5.32 Å². The van der Waals surface area contributed by atoms with Gasteiger partial charge < -0.3 is 15.0 Å². The Hall–Kier alpha value is -3.15. The zero-order valence-corrected chi connectivity index (χ0v) is 17.8. The van der Waals surface area contributed by atoms with Gasteiger partial charge in [0.1, 0.15) is 0 Å². The minimum Gasteiger partial charge on any atom is -0.452 e. The van der Waals surface area contributed by atoms with Crippen LogP contribution in [0.25, 0.3) is 0 Å². The Balaban J connectivity index is 1.57. The highest BCUT2D eigenvalue weighted by Gasteiger charge is 2.38. The van der Waals surface area contributed by atoms with E-state index in [9.17, 15) is 14.4 Å². The number of nitrogens with zero attached hydrogens (tertiary/aromatic N) is 1. The third-order valence-electron chi connectivity index (χ3n) is 5.54. The van der Waals surface area contributed by atoms with Gasteiger partial charge in [-0.25, -0.2) is 0 Å². The van der Waals surface area contributed by atoms with E-state index in [0.29, 0.717) is 12.2 Å². The summed E-state index contributed by atoms with van der Waals surface area (Å²) in [7, 11) is 0. The molecule has 6 nitrogen and oxygen atoms in total. The molecular formula is C24H28N2O4. The highest BCUT2D eigenvalue weighted by molar-refractivity contribution is 5.96. The molecule has 1 aliphatic rings. The van der Waals surface area contributed by atoms with Crippen molar-refractivity contribution in [2.45, 2.75) is 46.3 Å². The molecule has 0 spiro atoms. The predicted octanol–water partition coefficient (Wildman–Crippen LogP) is 3.78. The molecule has 1 aliphatic heterocycles. The predicted molar refractivity (Wildman–Crippen MR) is 115 cm³/mol. The van der Waals surface area contributed by atoms with Crippen molar-refractivity contribution in [1.82, 2.24) is 4.90 Å². The molecule has 1 fully saturated rings. The molecule has 0 aromatic heterocycles. The molecule has 0 bridgehead atoms. The van der Waals surface area contributed by atoms with Crippen LogP contribution in [-0.2, 0) is 19.1 Å². The minimum absolute atomic E-state index is 0.0827. The van der Waals surface area contributed by atoms with Crippen LogP contribution in [0.1, 0.15) is 43.0 Å². The van der Waals surface area contributed by atoms with Crippen molar-refractivity contribution in [3.63, 3.8) is 0 Å². The quantitative estimate of drug-likeness (QED) is 0.738. The second-order valence-electron chi connectivity index (χ2n) is 7.92. The molecule has 1 saturated heterocycles. The average Bonchev–Trinajstić information content (AvgIpc) is 3.11. The van der Waals surface area contributed by atoms with Crippen molar-refractivity contribution >= 4 is 23.5 Å². The van der Waals surface area contributed by atoms with E-state index in [1.165, 1.54) is 6.92 Å². The van der Waals surface area contributed by atoms with Gasteiger partial charge in [-0.1, -0.05) is 48.0 Å². The lowest BCUT2D eigenvalue weighted by Crippen LogP contribution is -2.34. The van der Waals surface area contributed by atoms with E-state index in [-0.39, 0.29) is 18.4 Å². The molecule has 3 atom stereocenters. The lowest BCUT2D eigenvalue weighted by atomic mass is 10.1. The van der Waals surface area contributed by atoms with Crippen LogP contribution in [0.3, 0.4) is 0 Å². The fourth-order valence-electron chi connectivity index (χ4n) is 3.69. The number of nitrogens with one attached hydrogen (secondary N) is 1. The standard InChI is InChI=1S/C24H28N2O4/c1-15-10-11-21(16(2)12-15)25-23(28)18(4)30-24(29)20-13-22(27)26(14-20)17(3)19-8-6-5-7-9-19/h5-12,17-18,20H,13-14H2,1-4H3,(H,25,28)/t17-,18-,20+/m0/s1. The van der Waals surface area contributed by atoms with E-state index in [1.54, 1.807) is 4.90 Å². The SMILES string of the molecule is Cc1ccc(NC(=O)[C@H](C)OC(=O)[C@@H]2CC(=O)N([C@@H](C)c3ccccc3)C2)c(C)c1. The van der Waals surface area contributed by atoms with E-state index in [4.69, 9.17) is 4.74 Å². The Morgan fingerprint density at radius 1 is 1.10 bits per heavy atom. The number of likely N-dealkylation sites (tertiary alicyclic amines) is 1. The summed E-state index contributed by atoms with van der Waals surface area (Å²) in [5, 5.41) is 2.80. The zero-order valence-electron chi connectivity index (χ0n) is 17.8. The smallest absolute Gasteiger partial charge is 0.312 e. The third-order valence-corrected chi connectivity index (χ3v) is 5.54. The first kappa shape index (κ1) is 21.6. The normalized spacial score (nSPS) is 18.1. The fourth-order valence-corrected chi connectivity index (χ4v) is 3.69. The molecule has 158 valence electrons. The van der Waals surface area contributed by atoms with Gasteiger partial charge in [0, 0.05) is 18.7 Å². The number of aryl methyl sites for hydroxylation is 2. The lowest BCUT2D eigenvalue weighted by molar-refractivity contribution is -0.157. The Bertz CT molecular complexity index is 941. The number of carbonyl (C=O) groups excluding carboxylic acids is 3. The first-order valence-electron chi connectivity index (χ1n) is 10.2. The summed E-state index contributed by atoms with van der Waals surface area (Å²) in [6.07, 6.45) is -0.851. The number of rotatable bonds is 6.